The van der Waals surface area contributed by atoms with Gasteiger partial charge in [-0.1, -0.05) is 0 Å². The van der Waals surface area contributed by atoms with Gasteiger partial charge in [-0.25, -0.2) is 0 Å². The molecule has 0 atom stereocenters. The van der Waals surface area contributed by atoms with Crippen LogP contribution in [0.2, 0.25) is 0 Å². The number of aromatic amines is 2. The standard InChI is InChI=1S/C6H7N5S/c1-11-3-2-4(10-11)5-7-6(12)9-8-5/h2-3H,1H3,(H2,7,8,9,12). The van der Waals surface area contributed by atoms with Gasteiger partial charge in [-0.3, -0.25) is 14.9 Å². The predicted octanol–water partition coefficient (Wildman–Crippen LogP) is 0.868. The van der Waals surface area contributed by atoms with Gasteiger partial charge in [-0.15, -0.1) is 0 Å². The van der Waals surface area contributed by atoms with E-state index in [-0.39, 0.29) is 0 Å². The van der Waals surface area contributed by atoms with Crippen molar-refractivity contribution < 1.29 is 0 Å². The minimum atomic E-state index is 0.440. The first-order chi connectivity index (χ1) is 5.75. The Hall–Kier alpha value is -1.43. The van der Waals surface area contributed by atoms with Crippen molar-refractivity contribution in [1.82, 2.24) is 25.0 Å². The number of nitrogens with zero attached hydrogens (tertiary/aromatic N) is 3. The highest BCUT2D eigenvalue weighted by Gasteiger charge is 2.02. The summed E-state index contributed by atoms with van der Waals surface area (Å²) in [5.74, 6) is 0.667. The van der Waals surface area contributed by atoms with Crippen molar-refractivity contribution in [1.29, 1.82) is 0 Å². The lowest BCUT2D eigenvalue weighted by Crippen LogP contribution is -1.88. The van der Waals surface area contributed by atoms with E-state index in [1.165, 1.54) is 0 Å². The van der Waals surface area contributed by atoms with Gasteiger partial charge in [-0.2, -0.15) is 10.1 Å². The van der Waals surface area contributed by atoms with Crippen LogP contribution in [0.5, 0.6) is 0 Å². The maximum Gasteiger partial charge on any atom is 0.213 e. The number of aromatic nitrogens is 5. The van der Waals surface area contributed by atoms with Crippen LogP contribution in [-0.4, -0.2) is 25.0 Å². The largest absolute Gasteiger partial charge is 0.280 e. The van der Waals surface area contributed by atoms with E-state index >= 15 is 0 Å². The summed E-state index contributed by atoms with van der Waals surface area (Å²) in [6.45, 7) is 0. The molecule has 0 aliphatic heterocycles. The van der Waals surface area contributed by atoms with E-state index in [2.05, 4.69) is 20.3 Å². The van der Waals surface area contributed by atoms with Crippen molar-refractivity contribution in [3.63, 3.8) is 0 Å². The molecule has 5 nitrogen and oxygen atoms in total. The molecule has 2 N–H and O–H groups in total. The van der Waals surface area contributed by atoms with Gasteiger partial charge in [0, 0.05) is 13.2 Å². The Morgan fingerprint density at radius 3 is 2.83 bits per heavy atom. The van der Waals surface area contributed by atoms with Crippen LogP contribution in [0.1, 0.15) is 0 Å². The summed E-state index contributed by atoms with van der Waals surface area (Å²) >= 11 is 4.81. The molecule has 2 heterocycles. The molecule has 0 aliphatic carbocycles. The first-order valence-electron chi connectivity index (χ1n) is 3.40. The summed E-state index contributed by atoms with van der Waals surface area (Å²) in [5, 5.41) is 9.68. The highest BCUT2D eigenvalue weighted by atomic mass is 32.1. The summed E-state index contributed by atoms with van der Waals surface area (Å²) in [4.78, 5) is 4.02. The van der Waals surface area contributed by atoms with Crippen LogP contribution in [0.4, 0.5) is 0 Å². The van der Waals surface area contributed by atoms with Gasteiger partial charge in [-0.05, 0) is 18.3 Å². The third-order valence-corrected chi connectivity index (χ3v) is 1.65. The topological polar surface area (TPSA) is 62.3 Å². The monoisotopic (exact) mass is 181 g/mol. The SMILES string of the molecule is Cn1ccc(-c2nc(=S)[nH][nH]2)n1. The minimum Gasteiger partial charge on any atom is -0.280 e. The minimum absolute atomic E-state index is 0.440. The van der Waals surface area contributed by atoms with Crippen molar-refractivity contribution in [2.75, 3.05) is 0 Å². The molecule has 0 saturated heterocycles. The molecule has 2 aromatic rings. The van der Waals surface area contributed by atoms with E-state index in [0.717, 1.165) is 5.69 Å². The summed E-state index contributed by atoms with van der Waals surface area (Å²) < 4.78 is 2.15. The molecule has 0 spiro atoms. The second kappa shape index (κ2) is 2.56. The van der Waals surface area contributed by atoms with Crippen molar-refractivity contribution in [3.05, 3.63) is 17.0 Å². The van der Waals surface area contributed by atoms with Crippen LogP contribution < -0.4 is 0 Å². The van der Waals surface area contributed by atoms with Gasteiger partial charge in [0.1, 0.15) is 5.69 Å². The molecule has 0 aliphatic rings. The third-order valence-electron chi connectivity index (χ3n) is 1.46. The second-order valence-electron chi connectivity index (χ2n) is 2.39. The lowest BCUT2D eigenvalue weighted by Gasteiger charge is -1.86. The molecule has 12 heavy (non-hydrogen) atoms. The fourth-order valence-electron chi connectivity index (χ4n) is 0.933. The van der Waals surface area contributed by atoms with Gasteiger partial charge in [0.15, 0.2) is 5.82 Å². The number of rotatable bonds is 1. The quantitative estimate of drug-likeness (QED) is 0.641. The zero-order valence-electron chi connectivity index (χ0n) is 6.40. The molecule has 0 bridgehead atoms. The zero-order chi connectivity index (χ0) is 8.55. The Labute approximate surface area is 73.4 Å². The van der Waals surface area contributed by atoms with E-state index in [1.54, 1.807) is 4.68 Å². The normalized spacial score (nSPS) is 10.4. The molecular weight excluding hydrogens is 174 g/mol. The molecule has 0 unspecified atom stereocenters. The number of hydrogen-bond acceptors (Lipinski definition) is 3. The predicted molar refractivity (Wildman–Crippen MR) is 46.0 cm³/mol. The third kappa shape index (κ3) is 1.16. The van der Waals surface area contributed by atoms with Crippen LogP contribution in [0, 0.1) is 4.77 Å². The molecule has 0 saturated carbocycles. The molecule has 2 rings (SSSR count). The van der Waals surface area contributed by atoms with Crippen LogP contribution >= 0.6 is 12.2 Å². The fourth-order valence-corrected chi connectivity index (χ4v) is 1.08. The van der Waals surface area contributed by atoms with Gasteiger partial charge in [0.2, 0.25) is 4.77 Å². The molecule has 62 valence electrons. The molecule has 0 radical (unpaired) electrons. The maximum atomic E-state index is 4.81. The summed E-state index contributed by atoms with van der Waals surface area (Å²) in [5.41, 5.74) is 0.782. The average Bonchev–Trinajstić information content (AvgIpc) is 2.58. The fraction of sp³-hybridized carbons (Fsp3) is 0.167. The Balaban J connectivity index is 2.50. The lowest BCUT2D eigenvalue weighted by atomic mass is 10.4. The van der Waals surface area contributed by atoms with E-state index in [9.17, 15) is 0 Å². The van der Waals surface area contributed by atoms with Gasteiger partial charge in [0.25, 0.3) is 0 Å². The molecule has 6 heteroatoms. The highest BCUT2D eigenvalue weighted by Crippen LogP contribution is 2.08. The van der Waals surface area contributed by atoms with Crippen molar-refractivity contribution in [2.24, 2.45) is 7.05 Å². The summed E-state index contributed by atoms with van der Waals surface area (Å²) in [7, 11) is 1.85. The summed E-state index contributed by atoms with van der Waals surface area (Å²) in [6.07, 6.45) is 1.85. The first-order valence-corrected chi connectivity index (χ1v) is 3.81. The van der Waals surface area contributed by atoms with Gasteiger partial charge in [0.05, 0.1) is 0 Å². The number of hydrogen-bond donors (Lipinski definition) is 2. The van der Waals surface area contributed by atoms with Crippen molar-refractivity contribution in [2.45, 2.75) is 0 Å². The number of H-pyrrole nitrogens is 2. The van der Waals surface area contributed by atoms with Gasteiger partial charge < -0.3 is 0 Å². The molecule has 2 aromatic heterocycles. The number of aryl methyl sites for hydroxylation is 1. The van der Waals surface area contributed by atoms with E-state index in [1.807, 2.05) is 19.3 Å². The van der Waals surface area contributed by atoms with Gasteiger partial charge >= 0.3 is 0 Å². The van der Waals surface area contributed by atoms with Crippen LogP contribution in [-0.2, 0) is 7.05 Å². The zero-order valence-corrected chi connectivity index (χ0v) is 7.22. The Morgan fingerprint density at radius 2 is 2.33 bits per heavy atom. The molecule has 0 amide bonds. The Morgan fingerprint density at radius 1 is 1.50 bits per heavy atom. The van der Waals surface area contributed by atoms with E-state index in [0.29, 0.717) is 10.6 Å². The molecule has 0 aromatic carbocycles. The van der Waals surface area contributed by atoms with E-state index in [4.69, 9.17) is 12.2 Å². The van der Waals surface area contributed by atoms with Crippen LogP contribution in [0.25, 0.3) is 11.5 Å². The molecule has 0 fully saturated rings. The van der Waals surface area contributed by atoms with Crippen molar-refractivity contribution >= 4 is 12.2 Å². The number of nitrogens with one attached hydrogen (secondary N) is 2. The average molecular weight is 181 g/mol. The van der Waals surface area contributed by atoms with Crippen LogP contribution in [0.3, 0.4) is 0 Å². The van der Waals surface area contributed by atoms with E-state index < -0.39 is 0 Å². The summed E-state index contributed by atoms with van der Waals surface area (Å²) in [6, 6.07) is 1.86. The molecular formula is C6H7N5S. The van der Waals surface area contributed by atoms with Crippen molar-refractivity contribution in [3.8, 4) is 11.5 Å². The van der Waals surface area contributed by atoms with Crippen LogP contribution in [0.15, 0.2) is 12.3 Å². The Kier molecular flexibility index (Phi) is 1.54. The Bertz CT molecular complexity index is 436. The smallest absolute Gasteiger partial charge is 0.213 e. The second-order valence-corrected chi connectivity index (χ2v) is 2.78. The first kappa shape index (κ1) is 7.23. The highest BCUT2D eigenvalue weighted by molar-refractivity contribution is 7.71. The maximum absolute atomic E-state index is 4.81. The lowest BCUT2D eigenvalue weighted by molar-refractivity contribution is 0.769.